The molecule has 4 heteroatoms. The molecule has 0 saturated heterocycles. The number of carbonyl (C=O) groups is 1. The summed E-state index contributed by atoms with van der Waals surface area (Å²) in [5, 5.41) is 0. The van der Waals surface area contributed by atoms with E-state index in [4.69, 9.17) is 9.47 Å². The summed E-state index contributed by atoms with van der Waals surface area (Å²) < 4.78 is 23.5. The minimum absolute atomic E-state index is 0.105. The Hall–Kier alpha value is -1.58. The van der Waals surface area contributed by atoms with E-state index in [0.29, 0.717) is 0 Å². The lowest BCUT2D eigenvalue weighted by Crippen LogP contribution is -2.34. The highest BCUT2D eigenvalue weighted by atomic mass is 19.1. The van der Waals surface area contributed by atoms with Crippen LogP contribution in [0.4, 0.5) is 4.39 Å². The van der Waals surface area contributed by atoms with Crippen molar-refractivity contribution in [1.29, 1.82) is 0 Å². The first kappa shape index (κ1) is 12.5. The van der Waals surface area contributed by atoms with Gasteiger partial charge in [-0.25, -0.2) is 4.39 Å². The van der Waals surface area contributed by atoms with Gasteiger partial charge in [0.2, 0.25) is 0 Å². The maximum Gasteiger partial charge on any atom is 0.303 e. The van der Waals surface area contributed by atoms with Crippen LogP contribution in [0.3, 0.4) is 0 Å². The van der Waals surface area contributed by atoms with Gasteiger partial charge in [0.15, 0.2) is 11.6 Å². The number of carbonyl (C=O) groups excluding carboxylic acids is 1. The summed E-state index contributed by atoms with van der Waals surface area (Å²) in [7, 11) is 0. The summed E-state index contributed by atoms with van der Waals surface area (Å²) in [4.78, 5) is 10.8. The highest BCUT2D eigenvalue weighted by Crippen LogP contribution is 2.18. The molecule has 1 aromatic rings. The fourth-order valence-electron chi connectivity index (χ4n) is 1.23. The number of hydrogen-bond donors (Lipinski definition) is 0. The Balaban J connectivity index is 2.57. The van der Waals surface area contributed by atoms with Crippen LogP contribution in [-0.2, 0) is 9.53 Å². The summed E-state index contributed by atoms with van der Waals surface area (Å²) in [6.45, 7) is 4.84. The zero-order valence-corrected chi connectivity index (χ0v) is 9.62. The smallest absolute Gasteiger partial charge is 0.303 e. The van der Waals surface area contributed by atoms with E-state index in [1.807, 2.05) is 0 Å². The Morgan fingerprint density at radius 3 is 2.56 bits per heavy atom. The Morgan fingerprint density at radius 1 is 1.38 bits per heavy atom. The number of hydrogen-bond acceptors (Lipinski definition) is 3. The van der Waals surface area contributed by atoms with E-state index < -0.39 is 11.4 Å². The Labute approximate surface area is 94.2 Å². The second-order valence-corrected chi connectivity index (χ2v) is 4.07. The summed E-state index contributed by atoms with van der Waals surface area (Å²) in [5.41, 5.74) is -0.770. The summed E-state index contributed by atoms with van der Waals surface area (Å²) in [5.74, 6) is -0.661. The minimum Gasteiger partial charge on any atom is -0.486 e. The number of ether oxygens (including phenoxy) is 2. The van der Waals surface area contributed by atoms with Gasteiger partial charge in [0.05, 0.1) is 0 Å². The lowest BCUT2D eigenvalue weighted by molar-refractivity contribution is -0.156. The summed E-state index contributed by atoms with van der Waals surface area (Å²) >= 11 is 0. The molecule has 0 atom stereocenters. The van der Waals surface area contributed by atoms with Crippen molar-refractivity contribution in [3.8, 4) is 5.75 Å². The van der Waals surface area contributed by atoms with Gasteiger partial charge in [-0.1, -0.05) is 12.1 Å². The predicted molar refractivity (Wildman–Crippen MR) is 57.7 cm³/mol. The van der Waals surface area contributed by atoms with Gasteiger partial charge in [0.25, 0.3) is 0 Å². The van der Waals surface area contributed by atoms with Crippen LogP contribution < -0.4 is 4.74 Å². The highest BCUT2D eigenvalue weighted by molar-refractivity contribution is 5.66. The Kier molecular flexibility index (Phi) is 3.88. The molecule has 0 aliphatic carbocycles. The molecule has 0 N–H and O–H groups in total. The van der Waals surface area contributed by atoms with Crippen molar-refractivity contribution in [3.05, 3.63) is 30.1 Å². The van der Waals surface area contributed by atoms with E-state index in [9.17, 15) is 9.18 Å². The van der Waals surface area contributed by atoms with Crippen molar-refractivity contribution >= 4 is 5.97 Å². The average Bonchev–Trinajstić information content (AvgIpc) is 2.14. The third-order valence-corrected chi connectivity index (χ3v) is 1.83. The average molecular weight is 226 g/mol. The van der Waals surface area contributed by atoms with Gasteiger partial charge in [-0.15, -0.1) is 0 Å². The van der Waals surface area contributed by atoms with Gasteiger partial charge in [-0.05, 0) is 26.0 Å². The molecule has 1 rings (SSSR count). The second-order valence-electron chi connectivity index (χ2n) is 4.07. The van der Waals surface area contributed by atoms with Gasteiger partial charge in [0, 0.05) is 6.92 Å². The van der Waals surface area contributed by atoms with Gasteiger partial charge in [0.1, 0.15) is 12.2 Å². The summed E-state index contributed by atoms with van der Waals surface area (Å²) in [6, 6.07) is 6.10. The van der Waals surface area contributed by atoms with Crippen molar-refractivity contribution in [3.63, 3.8) is 0 Å². The first-order valence-corrected chi connectivity index (χ1v) is 4.98. The van der Waals surface area contributed by atoms with Crippen LogP contribution in [0.1, 0.15) is 20.8 Å². The number of halogens is 1. The van der Waals surface area contributed by atoms with Crippen molar-refractivity contribution in [2.24, 2.45) is 0 Å². The second kappa shape index (κ2) is 4.96. The fourth-order valence-corrected chi connectivity index (χ4v) is 1.23. The monoisotopic (exact) mass is 226 g/mol. The maximum absolute atomic E-state index is 13.2. The first-order chi connectivity index (χ1) is 7.41. The largest absolute Gasteiger partial charge is 0.486 e. The van der Waals surface area contributed by atoms with Crippen LogP contribution in [0.5, 0.6) is 5.75 Å². The van der Waals surface area contributed by atoms with Gasteiger partial charge >= 0.3 is 5.97 Å². The molecule has 0 bridgehead atoms. The number of para-hydroxylation sites is 1. The quantitative estimate of drug-likeness (QED) is 0.740. The van der Waals surface area contributed by atoms with E-state index in [-0.39, 0.29) is 18.3 Å². The molecule has 0 aliphatic heterocycles. The molecule has 0 aliphatic rings. The van der Waals surface area contributed by atoms with Gasteiger partial charge < -0.3 is 9.47 Å². The lowest BCUT2D eigenvalue weighted by atomic mass is 10.1. The maximum atomic E-state index is 13.2. The van der Waals surface area contributed by atoms with Crippen molar-refractivity contribution in [2.45, 2.75) is 26.4 Å². The molecule has 16 heavy (non-hydrogen) atoms. The number of rotatable bonds is 4. The summed E-state index contributed by atoms with van der Waals surface area (Å²) in [6.07, 6.45) is 0. The van der Waals surface area contributed by atoms with Crippen LogP contribution in [0.2, 0.25) is 0 Å². The predicted octanol–water partition coefficient (Wildman–Crippen LogP) is 2.55. The minimum atomic E-state index is -0.770. The molecular formula is C12H15FO3. The Bertz CT molecular complexity index is 374. The fraction of sp³-hybridized carbons (Fsp3) is 0.417. The van der Waals surface area contributed by atoms with Crippen LogP contribution in [0, 0.1) is 5.82 Å². The molecule has 0 saturated carbocycles. The van der Waals surface area contributed by atoms with E-state index >= 15 is 0 Å². The highest BCUT2D eigenvalue weighted by Gasteiger charge is 2.22. The van der Waals surface area contributed by atoms with E-state index in [1.54, 1.807) is 26.0 Å². The van der Waals surface area contributed by atoms with E-state index in [1.165, 1.54) is 19.1 Å². The van der Waals surface area contributed by atoms with Gasteiger partial charge in [-0.3, -0.25) is 4.79 Å². The topological polar surface area (TPSA) is 35.5 Å². The molecule has 0 radical (unpaired) electrons. The standard InChI is InChI=1S/C12H15FO3/c1-9(14)16-12(2,3)8-15-11-7-5-4-6-10(11)13/h4-7H,8H2,1-3H3. The van der Waals surface area contributed by atoms with Crippen molar-refractivity contribution in [1.82, 2.24) is 0 Å². The Morgan fingerprint density at radius 2 is 2.00 bits per heavy atom. The molecule has 3 nitrogen and oxygen atoms in total. The molecule has 0 unspecified atom stereocenters. The van der Waals surface area contributed by atoms with E-state index in [0.717, 1.165) is 0 Å². The molecule has 1 aromatic carbocycles. The third kappa shape index (κ3) is 3.88. The van der Waals surface area contributed by atoms with Crippen LogP contribution >= 0.6 is 0 Å². The van der Waals surface area contributed by atoms with Crippen molar-refractivity contribution in [2.75, 3.05) is 6.61 Å². The zero-order chi connectivity index (χ0) is 12.2. The van der Waals surface area contributed by atoms with E-state index in [2.05, 4.69) is 0 Å². The molecule has 0 aromatic heterocycles. The van der Waals surface area contributed by atoms with Gasteiger partial charge in [-0.2, -0.15) is 0 Å². The lowest BCUT2D eigenvalue weighted by Gasteiger charge is -2.24. The normalized spacial score (nSPS) is 11.0. The molecule has 0 amide bonds. The van der Waals surface area contributed by atoms with Crippen LogP contribution in [0.15, 0.2) is 24.3 Å². The molecule has 0 spiro atoms. The number of esters is 1. The molecule has 88 valence electrons. The molecule has 0 fully saturated rings. The SMILES string of the molecule is CC(=O)OC(C)(C)COc1ccccc1F. The first-order valence-electron chi connectivity index (χ1n) is 4.98. The molecular weight excluding hydrogens is 211 g/mol. The van der Waals surface area contributed by atoms with Crippen LogP contribution in [-0.4, -0.2) is 18.2 Å². The zero-order valence-electron chi connectivity index (χ0n) is 9.62. The van der Waals surface area contributed by atoms with Crippen molar-refractivity contribution < 1.29 is 18.7 Å². The third-order valence-electron chi connectivity index (χ3n) is 1.83. The molecule has 0 heterocycles. The van der Waals surface area contributed by atoms with Crippen LogP contribution in [0.25, 0.3) is 0 Å². The number of benzene rings is 1.